The van der Waals surface area contributed by atoms with Crippen LogP contribution in [0.3, 0.4) is 0 Å². The van der Waals surface area contributed by atoms with Gasteiger partial charge in [-0.25, -0.2) is 0 Å². The Labute approximate surface area is 202 Å². The fourth-order valence-electron chi connectivity index (χ4n) is 3.92. The van der Waals surface area contributed by atoms with Gasteiger partial charge in [-0.15, -0.1) is 0 Å². The summed E-state index contributed by atoms with van der Waals surface area (Å²) in [6.07, 6.45) is 6.67. The standard InChI is InChI=1S/C25H51N5O3/c1-8-9-12-23(31)29-14-10-11-18(2)16-21(27-6)25(33)30-22(24(32)28-7)17-20(4)19(3)13-15-26-5/h18-22,26-27H,8-17H2,1-7H3,(H,28,32)(H,29,31)(H,30,33). The SMILES string of the molecule is CCCCC(=O)NCCCC(C)CC(NC)C(=O)NC(CC(C)C(C)CCNC)C(=O)NC. The smallest absolute Gasteiger partial charge is 0.242 e. The third-order valence-electron chi connectivity index (χ3n) is 6.56. The third kappa shape index (κ3) is 14.3. The maximum absolute atomic E-state index is 13.0. The largest absolute Gasteiger partial charge is 0.357 e. The lowest BCUT2D eigenvalue weighted by atomic mass is 9.87. The molecule has 5 N–H and O–H groups in total. The Morgan fingerprint density at radius 3 is 2.06 bits per heavy atom. The number of rotatable bonds is 19. The van der Waals surface area contributed by atoms with E-state index in [1.54, 1.807) is 14.1 Å². The molecule has 0 aliphatic heterocycles. The number of carbonyl (C=O) groups excluding carboxylic acids is 3. The van der Waals surface area contributed by atoms with Gasteiger partial charge >= 0.3 is 0 Å². The van der Waals surface area contributed by atoms with Gasteiger partial charge in [0.15, 0.2) is 0 Å². The molecule has 194 valence electrons. The van der Waals surface area contributed by atoms with Crippen LogP contribution in [0.4, 0.5) is 0 Å². The maximum atomic E-state index is 13.0. The van der Waals surface area contributed by atoms with Crippen molar-refractivity contribution in [2.24, 2.45) is 17.8 Å². The topological polar surface area (TPSA) is 111 Å². The van der Waals surface area contributed by atoms with Crippen LogP contribution in [0.25, 0.3) is 0 Å². The summed E-state index contributed by atoms with van der Waals surface area (Å²) in [6.45, 7) is 10.1. The van der Waals surface area contributed by atoms with Crippen LogP contribution in [0.5, 0.6) is 0 Å². The van der Waals surface area contributed by atoms with E-state index in [1.165, 1.54) is 0 Å². The van der Waals surface area contributed by atoms with E-state index >= 15 is 0 Å². The van der Waals surface area contributed by atoms with Crippen molar-refractivity contribution in [3.8, 4) is 0 Å². The second kappa shape index (κ2) is 18.7. The third-order valence-corrected chi connectivity index (χ3v) is 6.56. The van der Waals surface area contributed by atoms with E-state index in [-0.39, 0.29) is 23.8 Å². The van der Waals surface area contributed by atoms with Gasteiger partial charge in [-0.05, 0) is 76.9 Å². The van der Waals surface area contributed by atoms with Gasteiger partial charge in [0.2, 0.25) is 17.7 Å². The number of hydrogen-bond acceptors (Lipinski definition) is 5. The Balaban J connectivity index is 4.66. The molecular formula is C25H51N5O3. The van der Waals surface area contributed by atoms with Crippen molar-refractivity contribution in [2.75, 3.05) is 34.2 Å². The first-order valence-electron chi connectivity index (χ1n) is 12.8. The van der Waals surface area contributed by atoms with E-state index < -0.39 is 6.04 Å². The number of nitrogens with one attached hydrogen (secondary N) is 5. The lowest BCUT2D eigenvalue weighted by molar-refractivity contribution is -0.130. The minimum absolute atomic E-state index is 0.117. The van der Waals surface area contributed by atoms with Gasteiger partial charge in [0.05, 0.1) is 6.04 Å². The van der Waals surface area contributed by atoms with Gasteiger partial charge in [-0.1, -0.05) is 34.1 Å². The Hall–Kier alpha value is -1.67. The molecule has 0 bridgehead atoms. The predicted octanol–water partition coefficient (Wildman–Crippen LogP) is 2.19. The molecule has 0 radical (unpaired) electrons. The summed E-state index contributed by atoms with van der Waals surface area (Å²) in [5.74, 6) is 0.898. The van der Waals surface area contributed by atoms with Crippen LogP contribution in [0.2, 0.25) is 0 Å². The molecule has 33 heavy (non-hydrogen) atoms. The lowest BCUT2D eigenvalue weighted by Gasteiger charge is -2.27. The number of likely N-dealkylation sites (N-methyl/N-ethyl adjacent to an activating group) is 2. The first-order valence-corrected chi connectivity index (χ1v) is 12.8. The highest BCUT2D eigenvalue weighted by Crippen LogP contribution is 2.20. The second-order valence-corrected chi connectivity index (χ2v) is 9.54. The van der Waals surface area contributed by atoms with E-state index in [0.29, 0.717) is 43.6 Å². The van der Waals surface area contributed by atoms with Crippen LogP contribution in [-0.4, -0.2) is 64.0 Å². The quantitative estimate of drug-likeness (QED) is 0.186. The van der Waals surface area contributed by atoms with Crippen molar-refractivity contribution in [3.05, 3.63) is 0 Å². The molecule has 0 aliphatic rings. The molecular weight excluding hydrogens is 418 g/mol. The molecule has 3 amide bonds. The van der Waals surface area contributed by atoms with Crippen LogP contribution in [-0.2, 0) is 14.4 Å². The van der Waals surface area contributed by atoms with Crippen LogP contribution in [0.15, 0.2) is 0 Å². The maximum Gasteiger partial charge on any atom is 0.242 e. The Kier molecular flexibility index (Phi) is 17.8. The molecule has 8 nitrogen and oxygen atoms in total. The molecule has 0 saturated carbocycles. The number of carbonyl (C=O) groups is 3. The number of hydrogen-bond donors (Lipinski definition) is 5. The normalized spacial score (nSPS) is 15.7. The van der Waals surface area contributed by atoms with Gasteiger partial charge in [0, 0.05) is 20.0 Å². The van der Waals surface area contributed by atoms with E-state index in [9.17, 15) is 14.4 Å². The molecule has 0 aromatic heterocycles. The average Bonchev–Trinajstić information content (AvgIpc) is 2.80. The number of amides is 3. The summed E-state index contributed by atoms with van der Waals surface area (Å²) in [6, 6.07) is -0.901. The van der Waals surface area contributed by atoms with Crippen molar-refractivity contribution < 1.29 is 14.4 Å². The lowest BCUT2D eigenvalue weighted by Crippen LogP contribution is -2.52. The van der Waals surface area contributed by atoms with E-state index in [4.69, 9.17) is 0 Å². The Morgan fingerprint density at radius 2 is 1.48 bits per heavy atom. The van der Waals surface area contributed by atoms with Crippen molar-refractivity contribution in [2.45, 2.75) is 91.1 Å². The molecule has 0 aromatic rings. The molecule has 0 rings (SSSR count). The summed E-state index contributed by atoms with van der Waals surface area (Å²) >= 11 is 0. The van der Waals surface area contributed by atoms with E-state index in [1.807, 2.05) is 7.05 Å². The van der Waals surface area contributed by atoms with Crippen molar-refractivity contribution >= 4 is 17.7 Å². The summed E-state index contributed by atoms with van der Waals surface area (Å²) in [5, 5.41) is 14.9. The van der Waals surface area contributed by atoms with Gasteiger partial charge in [0.1, 0.15) is 6.04 Å². The average molecular weight is 470 g/mol. The van der Waals surface area contributed by atoms with Gasteiger partial charge < -0.3 is 26.6 Å². The fourth-order valence-corrected chi connectivity index (χ4v) is 3.92. The molecule has 0 heterocycles. The summed E-state index contributed by atoms with van der Waals surface area (Å²) < 4.78 is 0. The predicted molar refractivity (Wildman–Crippen MR) is 136 cm³/mol. The molecule has 0 saturated heterocycles. The molecule has 0 aliphatic carbocycles. The van der Waals surface area contributed by atoms with Crippen LogP contribution < -0.4 is 26.6 Å². The molecule has 0 aromatic carbocycles. The second-order valence-electron chi connectivity index (χ2n) is 9.54. The summed E-state index contributed by atoms with van der Waals surface area (Å²) in [4.78, 5) is 37.1. The minimum Gasteiger partial charge on any atom is -0.357 e. The highest BCUT2D eigenvalue weighted by atomic mass is 16.2. The zero-order chi connectivity index (χ0) is 25.2. The highest BCUT2D eigenvalue weighted by molar-refractivity contribution is 5.89. The van der Waals surface area contributed by atoms with Crippen molar-refractivity contribution in [1.82, 2.24) is 26.6 Å². The molecule has 5 unspecified atom stereocenters. The van der Waals surface area contributed by atoms with Crippen molar-refractivity contribution in [1.29, 1.82) is 0 Å². The minimum atomic E-state index is -0.543. The zero-order valence-corrected chi connectivity index (χ0v) is 22.2. The highest BCUT2D eigenvalue weighted by Gasteiger charge is 2.28. The van der Waals surface area contributed by atoms with E-state index in [2.05, 4.69) is 54.3 Å². The van der Waals surface area contributed by atoms with Gasteiger partial charge in [-0.2, -0.15) is 0 Å². The molecule has 5 atom stereocenters. The monoisotopic (exact) mass is 469 g/mol. The van der Waals surface area contributed by atoms with Crippen molar-refractivity contribution in [3.63, 3.8) is 0 Å². The zero-order valence-electron chi connectivity index (χ0n) is 22.2. The molecule has 8 heteroatoms. The molecule has 0 spiro atoms. The number of unbranched alkanes of at least 4 members (excludes halogenated alkanes) is 1. The first kappa shape index (κ1) is 31.3. The fraction of sp³-hybridized carbons (Fsp3) is 0.880. The summed E-state index contributed by atoms with van der Waals surface area (Å²) in [7, 11) is 5.32. The van der Waals surface area contributed by atoms with Gasteiger partial charge in [-0.3, -0.25) is 14.4 Å². The Bertz CT molecular complexity index is 558. The van der Waals surface area contributed by atoms with Crippen LogP contribution in [0, 0.1) is 17.8 Å². The Morgan fingerprint density at radius 1 is 0.788 bits per heavy atom. The summed E-state index contributed by atoms with van der Waals surface area (Å²) in [5.41, 5.74) is 0. The van der Waals surface area contributed by atoms with E-state index in [0.717, 1.165) is 38.6 Å². The molecule has 0 fully saturated rings. The first-order chi connectivity index (χ1) is 15.7. The van der Waals surface area contributed by atoms with Crippen LogP contribution >= 0.6 is 0 Å². The van der Waals surface area contributed by atoms with Crippen LogP contribution in [0.1, 0.15) is 79.1 Å². The van der Waals surface area contributed by atoms with Gasteiger partial charge in [0.25, 0.3) is 0 Å².